The Morgan fingerprint density at radius 2 is 1.77 bits per heavy atom. The fraction of sp³-hybridized carbons (Fsp3) is 0.611. The zero-order valence-electron chi connectivity index (χ0n) is 15.3. The third-order valence-electron chi connectivity index (χ3n) is 5.06. The molecule has 2 heterocycles. The van der Waals surface area contributed by atoms with E-state index in [4.69, 9.17) is 9.47 Å². The molecule has 3 rings (SSSR count). The molecule has 2 aliphatic heterocycles. The van der Waals surface area contributed by atoms with Crippen molar-refractivity contribution in [3.63, 3.8) is 0 Å². The van der Waals surface area contributed by atoms with E-state index in [1.54, 1.807) is 14.0 Å². The van der Waals surface area contributed by atoms with Crippen LogP contribution in [-0.4, -0.2) is 55.8 Å². The average Bonchev–Trinajstić information content (AvgIpc) is 3.32. The van der Waals surface area contributed by atoms with Crippen LogP contribution in [0.15, 0.2) is 24.3 Å². The Labute approximate surface area is 155 Å². The number of carbonyl (C=O) groups is 1. The maximum absolute atomic E-state index is 13.3. The van der Waals surface area contributed by atoms with E-state index in [-0.39, 0.29) is 12.6 Å². The van der Waals surface area contributed by atoms with Crippen molar-refractivity contribution in [1.29, 1.82) is 0 Å². The number of esters is 1. The van der Waals surface area contributed by atoms with Crippen LogP contribution < -0.4 is 4.74 Å². The Morgan fingerprint density at radius 3 is 2.42 bits per heavy atom. The van der Waals surface area contributed by atoms with Gasteiger partial charge in [-0.2, -0.15) is 17.0 Å². The molecule has 2 saturated heterocycles. The van der Waals surface area contributed by atoms with Gasteiger partial charge in [0.25, 0.3) is 10.2 Å². The van der Waals surface area contributed by atoms with Crippen LogP contribution >= 0.6 is 0 Å². The number of methoxy groups -OCH3 is 1. The van der Waals surface area contributed by atoms with Gasteiger partial charge in [0.1, 0.15) is 11.8 Å². The van der Waals surface area contributed by atoms with Crippen molar-refractivity contribution in [2.45, 2.75) is 44.7 Å². The minimum absolute atomic E-state index is 0.214. The predicted molar refractivity (Wildman–Crippen MR) is 97.0 cm³/mol. The predicted octanol–water partition coefficient (Wildman–Crippen LogP) is 2.10. The summed E-state index contributed by atoms with van der Waals surface area (Å²) >= 11 is 0. The lowest BCUT2D eigenvalue weighted by atomic mass is 10.1. The Balaban J connectivity index is 1.83. The first-order valence-corrected chi connectivity index (χ1v) is 10.5. The minimum atomic E-state index is -3.73. The van der Waals surface area contributed by atoms with Gasteiger partial charge < -0.3 is 9.47 Å². The third kappa shape index (κ3) is 3.58. The van der Waals surface area contributed by atoms with E-state index in [0.29, 0.717) is 25.9 Å². The highest BCUT2D eigenvalue weighted by atomic mass is 32.2. The second-order valence-corrected chi connectivity index (χ2v) is 8.40. The van der Waals surface area contributed by atoms with Crippen LogP contribution in [0.4, 0.5) is 0 Å². The van der Waals surface area contributed by atoms with Gasteiger partial charge in [0.05, 0.1) is 19.8 Å². The average molecular weight is 382 g/mol. The van der Waals surface area contributed by atoms with Crippen LogP contribution in [0.5, 0.6) is 5.75 Å². The Kier molecular flexibility index (Phi) is 5.84. The van der Waals surface area contributed by atoms with Gasteiger partial charge in [0.2, 0.25) is 0 Å². The molecule has 8 heteroatoms. The minimum Gasteiger partial charge on any atom is -0.497 e. The molecule has 2 fully saturated rings. The quantitative estimate of drug-likeness (QED) is 0.705. The molecule has 0 radical (unpaired) electrons. The van der Waals surface area contributed by atoms with E-state index < -0.39 is 22.2 Å². The van der Waals surface area contributed by atoms with Crippen LogP contribution in [-0.2, 0) is 19.7 Å². The smallest absolute Gasteiger partial charge is 0.324 e. The molecule has 2 aliphatic rings. The zero-order valence-corrected chi connectivity index (χ0v) is 16.1. The van der Waals surface area contributed by atoms with Gasteiger partial charge in [0, 0.05) is 13.1 Å². The Bertz CT molecular complexity index is 734. The van der Waals surface area contributed by atoms with Crippen molar-refractivity contribution in [3.05, 3.63) is 29.8 Å². The van der Waals surface area contributed by atoms with Crippen LogP contribution in [0.25, 0.3) is 0 Å². The summed E-state index contributed by atoms with van der Waals surface area (Å²) in [7, 11) is -2.13. The van der Waals surface area contributed by atoms with E-state index in [1.807, 2.05) is 24.3 Å². The van der Waals surface area contributed by atoms with Crippen molar-refractivity contribution in [1.82, 2.24) is 8.61 Å². The summed E-state index contributed by atoms with van der Waals surface area (Å²) < 4.78 is 39.7. The second kappa shape index (κ2) is 7.94. The summed E-state index contributed by atoms with van der Waals surface area (Å²) in [6.07, 6.45) is 2.75. The van der Waals surface area contributed by atoms with Crippen LogP contribution in [0.1, 0.15) is 44.2 Å². The van der Waals surface area contributed by atoms with Crippen LogP contribution in [0.3, 0.4) is 0 Å². The van der Waals surface area contributed by atoms with Gasteiger partial charge in [-0.25, -0.2) is 0 Å². The monoisotopic (exact) mass is 382 g/mol. The molecule has 2 atom stereocenters. The van der Waals surface area contributed by atoms with Crippen molar-refractivity contribution in [2.24, 2.45) is 0 Å². The SMILES string of the molecule is CCOC(=O)[C@H]1CCCN1S(=O)(=O)N1CCC[C@@H]1c1ccc(OC)cc1. The zero-order chi connectivity index (χ0) is 18.7. The van der Waals surface area contributed by atoms with Gasteiger partial charge >= 0.3 is 5.97 Å². The Morgan fingerprint density at radius 1 is 1.12 bits per heavy atom. The molecular formula is C18H26N2O5S. The van der Waals surface area contributed by atoms with E-state index in [1.165, 1.54) is 8.61 Å². The topological polar surface area (TPSA) is 76.2 Å². The molecule has 26 heavy (non-hydrogen) atoms. The van der Waals surface area contributed by atoms with Crippen molar-refractivity contribution >= 4 is 16.2 Å². The molecule has 0 spiro atoms. The van der Waals surface area contributed by atoms with Gasteiger partial charge in [-0.15, -0.1) is 0 Å². The highest BCUT2D eigenvalue weighted by Gasteiger charge is 2.45. The summed E-state index contributed by atoms with van der Waals surface area (Å²) in [6.45, 7) is 2.80. The fourth-order valence-electron chi connectivity index (χ4n) is 3.80. The van der Waals surface area contributed by atoms with E-state index in [9.17, 15) is 13.2 Å². The third-order valence-corrected chi connectivity index (χ3v) is 7.12. The van der Waals surface area contributed by atoms with Gasteiger partial charge in [-0.05, 0) is 50.3 Å². The first-order valence-electron chi connectivity index (χ1n) is 9.08. The first kappa shape index (κ1) is 19.1. The molecule has 0 aliphatic carbocycles. The van der Waals surface area contributed by atoms with Crippen LogP contribution in [0.2, 0.25) is 0 Å². The maximum atomic E-state index is 13.3. The number of rotatable bonds is 6. The van der Waals surface area contributed by atoms with Gasteiger partial charge in [-0.3, -0.25) is 4.79 Å². The molecule has 0 unspecified atom stereocenters. The highest BCUT2D eigenvalue weighted by molar-refractivity contribution is 7.86. The number of nitrogens with zero attached hydrogens (tertiary/aromatic N) is 2. The maximum Gasteiger partial charge on any atom is 0.324 e. The largest absolute Gasteiger partial charge is 0.497 e. The summed E-state index contributed by atoms with van der Waals surface area (Å²) in [4.78, 5) is 12.2. The number of hydrogen-bond acceptors (Lipinski definition) is 5. The summed E-state index contributed by atoms with van der Waals surface area (Å²) in [5.41, 5.74) is 0.943. The van der Waals surface area contributed by atoms with Crippen LogP contribution in [0, 0.1) is 0 Å². The molecule has 1 aromatic carbocycles. The summed E-state index contributed by atoms with van der Waals surface area (Å²) in [5.74, 6) is 0.289. The first-order chi connectivity index (χ1) is 12.5. The number of benzene rings is 1. The van der Waals surface area contributed by atoms with Gasteiger partial charge in [-0.1, -0.05) is 12.1 Å². The lowest BCUT2D eigenvalue weighted by Crippen LogP contribution is -2.48. The number of carbonyl (C=O) groups excluding carboxylic acids is 1. The number of ether oxygens (including phenoxy) is 2. The lowest BCUT2D eigenvalue weighted by molar-refractivity contribution is -0.146. The highest BCUT2D eigenvalue weighted by Crippen LogP contribution is 2.37. The fourth-order valence-corrected chi connectivity index (χ4v) is 5.85. The molecule has 0 saturated carbocycles. The Hall–Kier alpha value is -1.64. The van der Waals surface area contributed by atoms with Crippen molar-refractivity contribution in [3.8, 4) is 5.75 Å². The normalized spacial score (nSPS) is 24.7. The standard InChI is InChI=1S/C18H26N2O5S/c1-3-25-18(21)17-7-5-13-20(17)26(22,23)19-12-4-6-16(19)14-8-10-15(24-2)11-9-14/h8-11,16-17H,3-7,12-13H2,1-2H3/t16-,17-/m1/s1. The van der Waals surface area contributed by atoms with Gasteiger partial charge in [0.15, 0.2) is 0 Å². The molecule has 0 amide bonds. The summed E-state index contributed by atoms with van der Waals surface area (Å²) in [5, 5.41) is 0. The molecule has 0 bridgehead atoms. The van der Waals surface area contributed by atoms with E-state index >= 15 is 0 Å². The molecule has 7 nitrogen and oxygen atoms in total. The molecule has 0 aromatic heterocycles. The lowest BCUT2D eigenvalue weighted by Gasteiger charge is -2.31. The number of hydrogen-bond donors (Lipinski definition) is 0. The summed E-state index contributed by atoms with van der Waals surface area (Å²) in [6, 6.07) is 6.58. The van der Waals surface area contributed by atoms with E-state index in [2.05, 4.69) is 0 Å². The molecule has 144 valence electrons. The molecule has 0 N–H and O–H groups in total. The van der Waals surface area contributed by atoms with Crippen molar-refractivity contribution in [2.75, 3.05) is 26.8 Å². The second-order valence-electron chi connectivity index (χ2n) is 6.57. The van der Waals surface area contributed by atoms with Crippen molar-refractivity contribution < 1.29 is 22.7 Å². The van der Waals surface area contributed by atoms with E-state index in [0.717, 1.165) is 24.2 Å². The molecule has 1 aromatic rings. The molecular weight excluding hydrogens is 356 g/mol.